The molecule has 19 heavy (non-hydrogen) atoms. The number of para-hydroxylation sites is 1. The van der Waals surface area contributed by atoms with E-state index < -0.39 is 0 Å². The van der Waals surface area contributed by atoms with Crippen LogP contribution in [0.5, 0.6) is 0 Å². The summed E-state index contributed by atoms with van der Waals surface area (Å²) in [4.78, 5) is 11.9. The van der Waals surface area contributed by atoms with E-state index >= 15 is 0 Å². The number of benzene rings is 1. The van der Waals surface area contributed by atoms with Gasteiger partial charge in [0.2, 0.25) is 0 Å². The second kappa shape index (κ2) is 8.57. The Morgan fingerprint density at radius 3 is 2.63 bits per heavy atom. The molecule has 106 valence electrons. The van der Waals surface area contributed by atoms with Crippen LogP contribution in [-0.2, 0) is 4.74 Å². The zero-order valence-electron chi connectivity index (χ0n) is 12.2. The number of carbonyl (C=O) groups excluding carboxylic acids is 1. The standard InChI is InChI=1S/C16H25NO2/c1-13(2)9-5-4-8-12-19-16(18)14-10-6-7-11-15(14)17-3/h6-7,10-11,13,17H,4-5,8-9,12H2,1-3H3. The molecule has 0 bridgehead atoms. The van der Waals surface area contributed by atoms with E-state index in [1.807, 2.05) is 18.2 Å². The number of nitrogens with one attached hydrogen (secondary N) is 1. The molecular formula is C16H25NO2. The first-order chi connectivity index (χ1) is 9.15. The molecule has 0 atom stereocenters. The molecule has 0 aliphatic rings. The molecule has 0 heterocycles. The quantitative estimate of drug-likeness (QED) is 0.567. The first-order valence-electron chi connectivity index (χ1n) is 7.09. The van der Waals surface area contributed by atoms with Crippen LogP contribution < -0.4 is 5.32 Å². The van der Waals surface area contributed by atoms with Gasteiger partial charge in [-0.3, -0.25) is 0 Å². The van der Waals surface area contributed by atoms with Crippen LogP contribution in [0.3, 0.4) is 0 Å². The number of rotatable bonds is 8. The highest BCUT2D eigenvalue weighted by molar-refractivity contribution is 5.95. The lowest BCUT2D eigenvalue weighted by Gasteiger charge is -2.09. The maximum atomic E-state index is 11.9. The van der Waals surface area contributed by atoms with Crippen LogP contribution in [-0.4, -0.2) is 19.6 Å². The van der Waals surface area contributed by atoms with Crippen LogP contribution >= 0.6 is 0 Å². The van der Waals surface area contributed by atoms with Gasteiger partial charge < -0.3 is 10.1 Å². The van der Waals surface area contributed by atoms with Crippen LogP contribution in [0.25, 0.3) is 0 Å². The van der Waals surface area contributed by atoms with Gasteiger partial charge in [0.1, 0.15) is 0 Å². The molecule has 1 aromatic carbocycles. The molecule has 0 aliphatic carbocycles. The minimum Gasteiger partial charge on any atom is -0.462 e. The molecule has 0 unspecified atom stereocenters. The Balaban J connectivity index is 2.28. The van der Waals surface area contributed by atoms with Crippen molar-refractivity contribution >= 4 is 11.7 Å². The smallest absolute Gasteiger partial charge is 0.340 e. The van der Waals surface area contributed by atoms with E-state index in [1.165, 1.54) is 12.8 Å². The molecule has 0 radical (unpaired) electrons. The average molecular weight is 263 g/mol. The van der Waals surface area contributed by atoms with E-state index in [4.69, 9.17) is 4.74 Å². The zero-order valence-corrected chi connectivity index (χ0v) is 12.2. The van der Waals surface area contributed by atoms with Crippen molar-refractivity contribution in [2.24, 2.45) is 5.92 Å². The predicted octanol–water partition coefficient (Wildman–Crippen LogP) is 4.10. The van der Waals surface area contributed by atoms with Crippen molar-refractivity contribution in [3.8, 4) is 0 Å². The molecule has 0 saturated heterocycles. The van der Waals surface area contributed by atoms with E-state index in [1.54, 1.807) is 13.1 Å². The van der Waals surface area contributed by atoms with Gasteiger partial charge in [0.15, 0.2) is 0 Å². The van der Waals surface area contributed by atoms with E-state index in [0.717, 1.165) is 24.4 Å². The Hall–Kier alpha value is -1.51. The van der Waals surface area contributed by atoms with Gasteiger partial charge in [-0.1, -0.05) is 45.2 Å². The summed E-state index contributed by atoms with van der Waals surface area (Å²) in [6, 6.07) is 7.40. The van der Waals surface area contributed by atoms with Crippen molar-refractivity contribution in [1.82, 2.24) is 0 Å². The normalized spacial score (nSPS) is 10.5. The summed E-state index contributed by atoms with van der Waals surface area (Å²) in [7, 11) is 1.80. The first kappa shape index (κ1) is 15.5. The van der Waals surface area contributed by atoms with Crippen molar-refractivity contribution in [3.63, 3.8) is 0 Å². The van der Waals surface area contributed by atoms with Gasteiger partial charge in [-0.2, -0.15) is 0 Å². The molecule has 1 N–H and O–H groups in total. The topological polar surface area (TPSA) is 38.3 Å². The Kier molecular flexibility index (Phi) is 7.01. The number of hydrogen-bond acceptors (Lipinski definition) is 3. The van der Waals surface area contributed by atoms with Gasteiger partial charge in [0.05, 0.1) is 12.2 Å². The van der Waals surface area contributed by atoms with Gasteiger partial charge in [0.25, 0.3) is 0 Å². The van der Waals surface area contributed by atoms with Crippen molar-refractivity contribution < 1.29 is 9.53 Å². The predicted molar refractivity (Wildman–Crippen MR) is 79.6 cm³/mol. The number of hydrogen-bond donors (Lipinski definition) is 1. The number of carbonyl (C=O) groups is 1. The Bertz CT molecular complexity index is 388. The van der Waals surface area contributed by atoms with Crippen molar-refractivity contribution in [3.05, 3.63) is 29.8 Å². The Labute approximate surface area is 116 Å². The average Bonchev–Trinajstić information content (AvgIpc) is 2.42. The van der Waals surface area contributed by atoms with E-state index in [9.17, 15) is 4.79 Å². The lowest BCUT2D eigenvalue weighted by atomic mass is 10.1. The summed E-state index contributed by atoms with van der Waals surface area (Å²) in [5.74, 6) is 0.513. The lowest BCUT2D eigenvalue weighted by molar-refractivity contribution is 0.0498. The molecule has 0 amide bonds. The second-order valence-electron chi connectivity index (χ2n) is 5.17. The Morgan fingerprint density at radius 2 is 1.95 bits per heavy atom. The molecule has 1 aromatic rings. The van der Waals surface area contributed by atoms with Gasteiger partial charge in [-0.25, -0.2) is 4.79 Å². The minimum atomic E-state index is -0.242. The highest BCUT2D eigenvalue weighted by atomic mass is 16.5. The highest BCUT2D eigenvalue weighted by Gasteiger charge is 2.10. The van der Waals surface area contributed by atoms with Gasteiger partial charge in [-0.05, 0) is 24.5 Å². The van der Waals surface area contributed by atoms with E-state index in [0.29, 0.717) is 12.2 Å². The van der Waals surface area contributed by atoms with Crippen molar-refractivity contribution in [1.29, 1.82) is 0 Å². The number of anilines is 1. The fourth-order valence-corrected chi connectivity index (χ4v) is 1.95. The SMILES string of the molecule is CNc1ccccc1C(=O)OCCCCCC(C)C. The molecule has 0 saturated carbocycles. The third-order valence-electron chi connectivity index (χ3n) is 3.08. The third-order valence-corrected chi connectivity index (χ3v) is 3.08. The molecule has 0 spiro atoms. The molecular weight excluding hydrogens is 238 g/mol. The van der Waals surface area contributed by atoms with Crippen molar-refractivity contribution in [2.45, 2.75) is 39.5 Å². The minimum absolute atomic E-state index is 0.242. The van der Waals surface area contributed by atoms with Crippen LogP contribution in [0.2, 0.25) is 0 Å². The fourth-order valence-electron chi connectivity index (χ4n) is 1.95. The fraction of sp³-hybridized carbons (Fsp3) is 0.562. The second-order valence-corrected chi connectivity index (χ2v) is 5.17. The van der Waals surface area contributed by atoms with Gasteiger partial charge >= 0.3 is 5.97 Å². The van der Waals surface area contributed by atoms with E-state index in [-0.39, 0.29) is 5.97 Å². The maximum Gasteiger partial charge on any atom is 0.340 e. The monoisotopic (exact) mass is 263 g/mol. The molecule has 0 aromatic heterocycles. The molecule has 0 fully saturated rings. The summed E-state index contributed by atoms with van der Waals surface area (Å²) in [6.07, 6.45) is 4.53. The molecule has 3 nitrogen and oxygen atoms in total. The summed E-state index contributed by atoms with van der Waals surface area (Å²) >= 11 is 0. The first-order valence-corrected chi connectivity index (χ1v) is 7.09. The molecule has 1 rings (SSSR count). The number of ether oxygens (including phenoxy) is 1. The van der Waals surface area contributed by atoms with Crippen LogP contribution in [0.15, 0.2) is 24.3 Å². The number of unbranched alkanes of at least 4 members (excludes halogenated alkanes) is 2. The zero-order chi connectivity index (χ0) is 14.1. The maximum absolute atomic E-state index is 11.9. The lowest BCUT2D eigenvalue weighted by Crippen LogP contribution is -2.09. The van der Waals surface area contributed by atoms with Gasteiger partial charge in [-0.15, -0.1) is 0 Å². The largest absolute Gasteiger partial charge is 0.462 e. The van der Waals surface area contributed by atoms with Crippen molar-refractivity contribution in [2.75, 3.05) is 19.0 Å². The van der Waals surface area contributed by atoms with Crippen LogP contribution in [0.1, 0.15) is 49.9 Å². The van der Waals surface area contributed by atoms with Crippen LogP contribution in [0, 0.1) is 5.92 Å². The highest BCUT2D eigenvalue weighted by Crippen LogP contribution is 2.15. The third kappa shape index (κ3) is 5.77. The Morgan fingerprint density at radius 1 is 1.21 bits per heavy atom. The van der Waals surface area contributed by atoms with Gasteiger partial charge in [0, 0.05) is 12.7 Å². The number of esters is 1. The summed E-state index contributed by atoms with van der Waals surface area (Å²) in [5, 5.41) is 3.00. The summed E-state index contributed by atoms with van der Waals surface area (Å²) < 4.78 is 5.30. The molecule has 3 heteroatoms. The van der Waals surface area contributed by atoms with E-state index in [2.05, 4.69) is 19.2 Å². The summed E-state index contributed by atoms with van der Waals surface area (Å²) in [5.41, 5.74) is 1.42. The molecule has 0 aliphatic heterocycles. The summed E-state index contributed by atoms with van der Waals surface area (Å²) in [6.45, 7) is 4.97. The van der Waals surface area contributed by atoms with Crippen LogP contribution in [0.4, 0.5) is 5.69 Å².